The number of likely N-dealkylation sites (tertiary alicyclic amines) is 1. The Balaban J connectivity index is 1.21. The Kier molecular flexibility index (Phi) is 7.69. The number of carbonyl (C=O) groups is 1. The molecule has 2 aliphatic rings. The van der Waals surface area contributed by atoms with Gasteiger partial charge in [0, 0.05) is 43.4 Å². The van der Waals surface area contributed by atoms with E-state index in [9.17, 15) is 4.79 Å². The van der Waals surface area contributed by atoms with Crippen LogP contribution >= 0.6 is 0 Å². The Morgan fingerprint density at radius 2 is 1.83 bits per heavy atom. The van der Waals surface area contributed by atoms with Crippen molar-refractivity contribution in [1.82, 2.24) is 29.5 Å². The van der Waals surface area contributed by atoms with Gasteiger partial charge < -0.3 is 15.4 Å². The zero-order chi connectivity index (χ0) is 28.3. The molecule has 2 aromatic heterocycles. The molecule has 41 heavy (non-hydrogen) atoms. The number of hydrogen-bond donors (Lipinski definition) is 1. The second-order valence-electron chi connectivity index (χ2n) is 11.2. The summed E-state index contributed by atoms with van der Waals surface area (Å²) in [6, 6.07) is 18.6. The van der Waals surface area contributed by atoms with Gasteiger partial charge in [-0.2, -0.15) is 5.10 Å². The lowest BCUT2D eigenvalue weighted by molar-refractivity contribution is -0.127. The molecule has 6 rings (SSSR count). The van der Waals surface area contributed by atoms with E-state index in [0.717, 1.165) is 54.1 Å². The molecule has 3 heterocycles. The minimum atomic E-state index is -0.00837. The molecule has 1 aliphatic heterocycles. The first-order valence-corrected chi connectivity index (χ1v) is 14.5. The lowest BCUT2D eigenvalue weighted by Crippen LogP contribution is -2.40. The van der Waals surface area contributed by atoms with Crippen LogP contribution in [0, 0.1) is 0 Å². The van der Waals surface area contributed by atoms with Crippen LogP contribution in [-0.2, 0) is 4.79 Å². The van der Waals surface area contributed by atoms with Crippen LogP contribution in [0.25, 0.3) is 22.3 Å². The summed E-state index contributed by atoms with van der Waals surface area (Å²) in [7, 11) is 0. The van der Waals surface area contributed by atoms with Crippen molar-refractivity contribution in [3.8, 4) is 22.8 Å². The molecule has 4 aromatic rings. The van der Waals surface area contributed by atoms with Crippen LogP contribution in [0.3, 0.4) is 0 Å². The highest BCUT2D eigenvalue weighted by Gasteiger charge is 2.30. The van der Waals surface area contributed by atoms with Crippen molar-refractivity contribution in [2.75, 3.05) is 25.4 Å². The molecular weight excluding hydrogens is 514 g/mol. The molecule has 212 valence electrons. The van der Waals surface area contributed by atoms with Gasteiger partial charge in [-0.3, -0.25) is 9.69 Å². The third kappa shape index (κ3) is 5.95. The van der Waals surface area contributed by atoms with Crippen molar-refractivity contribution in [2.24, 2.45) is 0 Å². The molecule has 0 radical (unpaired) electrons. The van der Waals surface area contributed by atoms with Crippen LogP contribution in [0.15, 0.2) is 73.1 Å². The summed E-state index contributed by atoms with van der Waals surface area (Å²) >= 11 is 0. The van der Waals surface area contributed by atoms with Crippen molar-refractivity contribution in [3.05, 3.63) is 73.1 Å². The maximum Gasteiger partial charge on any atom is 0.246 e. The predicted octanol–water partition coefficient (Wildman–Crippen LogP) is 5.46. The Hall–Kier alpha value is -4.24. The second-order valence-corrected chi connectivity index (χ2v) is 11.2. The first-order valence-electron chi connectivity index (χ1n) is 14.5. The highest BCUT2D eigenvalue weighted by atomic mass is 16.5. The van der Waals surface area contributed by atoms with Crippen LogP contribution in [0.2, 0.25) is 0 Å². The van der Waals surface area contributed by atoms with Gasteiger partial charge in [-0.15, -0.1) is 0 Å². The topological polar surface area (TPSA) is 102 Å². The van der Waals surface area contributed by atoms with Crippen molar-refractivity contribution >= 4 is 22.8 Å². The zero-order valence-corrected chi connectivity index (χ0v) is 23.7. The average molecular weight is 552 g/mol. The van der Waals surface area contributed by atoms with E-state index >= 15 is 0 Å². The van der Waals surface area contributed by atoms with Crippen molar-refractivity contribution in [3.63, 3.8) is 0 Å². The molecule has 0 unspecified atom stereocenters. The van der Waals surface area contributed by atoms with Crippen LogP contribution in [-0.4, -0.2) is 67.2 Å². The fraction of sp³-hybridized carbons (Fsp3) is 0.375. The Morgan fingerprint density at radius 3 is 2.56 bits per heavy atom. The van der Waals surface area contributed by atoms with E-state index in [2.05, 4.69) is 28.7 Å². The van der Waals surface area contributed by atoms with Crippen molar-refractivity contribution < 1.29 is 9.53 Å². The number of fused-ring (bicyclic) bond motifs is 1. The summed E-state index contributed by atoms with van der Waals surface area (Å²) in [6.07, 6.45) is 9.55. The quantitative estimate of drug-likeness (QED) is 0.276. The zero-order valence-electron chi connectivity index (χ0n) is 23.7. The van der Waals surface area contributed by atoms with Gasteiger partial charge in [-0.25, -0.2) is 14.6 Å². The van der Waals surface area contributed by atoms with Gasteiger partial charge in [0.15, 0.2) is 5.65 Å². The largest absolute Gasteiger partial charge is 0.457 e. The van der Waals surface area contributed by atoms with Gasteiger partial charge in [-0.05, 0) is 75.9 Å². The van der Waals surface area contributed by atoms with E-state index in [0.29, 0.717) is 30.1 Å². The summed E-state index contributed by atoms with van der Waals surface area (Å²) in [6.45, 7) is 6.56. The highest BCUT2D eigenvalue weighted by Crippen LogP contribution is 2.35. The van der Waals surface area contributed by atoms with E-state index < -0.39 is 0 Å². The maximum absolute atomic E-state index is 13.2. The molecule has 1 aliphatic carbocycles. The first-order chi connectivity index (χ1) is 20.0. The number of hydrogen-bond acceptors (Lipinski definition) is 7. The minimum absolute atomic E-state index is 0.00837. The molecule has 0 spiro atoms. The molecule has 2 aromatic carbocycles. The predicted molar refractivity (Wildman–Crippen MR) is 161 cm³/mol. The summed E-state index contributed by atoms with van der Waals surface area (Å²) < 4.78 is 7.90. The maximum atomic E-state index is 13.2. The van der Waals surface area contributed by atoms with E-state index in [1.807, 2.05) is 70.3 Å². The Morgan fingerprint density at radius 1 is 1.07 bits per heavy atom. The van der Waals surface area contributed by atoms with Crippen LogP contribution in [0.4, 0.5) is 5.82 Å². The lowest BCUT2D eigenvalue weighted by Gasteiger charge is -2.32. The minimum Gasteiger partial charge on any atom is -0.457 e. The average Bonchev–Trinajstić information content (AvgIpc) is 3.75. The molecule has 1 atom stereocenters. The summed E-state index contributed by atoms with van der Waals surface area (Å²) in [5, 5.41) is 5.74. The number of nitrogens with zero attached hydrogens (tertiary/aromatic N) is 6. The number of nitrogen functional groups attached to an aromatic ring is 1. The summed E-state index contributed by atoms with van der Waals surface area (Å²) in [5.41, 5.74) is 8.67. The molecule has 2 N–H and O–H groups in total. The van der Waals surface area contributed by atoms with Crippen LogP contribution in [0.1, 0.15) is 45.6 Å². The van der Waals surface area contributed by atoms with Gasteiger partial charge in [0.2, 0.25) is 5.91 Å². The third-order valence-electron chi connectivity index (χ3n) is 7.93. The number of anilines is 1. The number of benzene rings is 2. The van der Waals surface area contributed by atoms with Crippen molar-refractivity contribution in [2.45, 2.75) is 57.7 Å². The molecule has 9 nitrogen and oxygen atoms in total. The number of ether oxygens (including phenoxy) is 1. The molecule has 9 heteroatoms. The summed E-state index contributed by atoms with van der Waals surface area (Å²) in [4.78, 5) is 26.4. The van der Waals surface area contributed by atoms with E-state index in [1.165, 1.54) is 19.2 Å². The first kappa shape index (κ1) is 27.0. The number of amides is 1. The van der Waals surface area contributed by atoms with E-state index in [4.69, 9.17) is 15.6 Å². The fourth-order valence-corrected chi connectivity index (χ4v) is 5.68. The smallest absolute Gasteiger partial charge is 0.246 e. The number of rotatable bonds is 9. The molecule has 1 amide bonds. The van der Waals surface area contributed by atoms with Crippen LogP contribution < -0.4 is 10.5 Å². The SMILES string of the molecule is CC(C)N(CC=CC(=O)N1CCC[C@@H](n2nc(-c3ccc(Oc4ccccc4)cc3)c3c(N)ncnc32)C1)C1CC1. The number of piperidine rings is 1. The molecule has 1 saturated carbocycles. The van der Waals surface area contributed by atoms with Gasteiger partial charge >= 0.3 is 0 Å². The third-order valence-corrected chi connectivity index (χ3v) is 7.93. The second kappa shape index (κ2) is 11.7. The van der Waals surface area contributed by atoms with E-state index in [1.54, 1.807) is 6.08 Å². The lowest BCUT2D eigenvalue weighted by atomic mass is 10.1. The number of para-hydroxylation sites is 1. The number of nitrogens with two attached hydrogens (primary N) is 1. The molecule has 1 saturated heterocycles. The molecular formula is C32H37N7O2. The Bertz CT molecular complexity index is 1530. The molecule has 2 fully saturated rings. The van der Waals surface area contributed by atoms with Gasteiger partial charge in [0.05, 0.1) is 11.4 Å². The van der Waals surface area contributed by atoms with E-state index in [-0.39, 0.29) is 11.9 Å². The fourth-order valence-electron chi connectivity index (χ4n) is 5.68. The normalized spacial score (nSPS) is 17.7. The van der Waals surface area contributed by atoms with Crippen LogP contribution in [0.5, 0.6) is 11.5 Å². The Labute approximate surface area is 240 Å². The highest BCUT2D eigenvalue weighted by molar-refractivity contribution is 5.98. The van der Waals surface area contributed by atoms with Crippen molar-refractivity contribution in [1.29, 1.82) is 0 Å². The monoisotopic (exact) mass is 551 g/mol. The standard InChI is InChI=1S/C32H37N7O2/c1-22(2)38(24-14-15-24)19-7-11-28(40)37-18-6-8-25(20-37)39-32-29(31(33)34-21-35-32)30(36-39)23-12-16-27(17-13-23)41-26-9-4-3-5-10-26/h3-5,7,9-13,16-17,21-22,24-25H,6,8,14-15,18-20H2,1-2H3,(H2,33,34,35)/t25-/m1/s1. The van der Waals surface area contributed by atoms with Gasteiger partial charge in [0.25, 0.3) is 0 Å². The number of aromatic nitrogens is 4. The molecule has 0 bridgehead atoms. The summed E-state index contributed by atoms with van der Waals surface area (Å²) in [5.74, 6) is 1.95. The number of carbonyl (C=O) groups excluding carboxylic acids is 1. The van der Waals surface area contributed by atoms with Gasteiger partial charge in [0.1, 0.15) is 29.3 Å². The van der Waals surface area contributed by atoms with Gasteiger partial charge in [-0.1, -0.05) is 24.3 Å².